The number of fused-ring (bicyclic) bond motifs is 1. The van der Waals surface area contributed by atoms with Gasteiger partial charge in [-0.2, -0.15) is 4.98 Å². The topological polar surface area (TPSA) is 65.2 Å². The quantitative estimate of drug-likeness (QED) is 0.728. The van der Waals surface area contributed by atoms with Crippen LogP contribution in [0.5, 0.6) is 0 Å². The van der Waals surface area contributed by atoms with E-state index in [2.05, 4.69) is 10.1 Å². The Morgan fingerprint density at radius 3 is 3.19 bits per heavy atom. The molecular weight excluding hydrogens is 208 g/mol. The maximum atomic E-state index is 11.4. The number of rotatable bonds is 3. The molecule has 0 aromatic carbocycles. The van der Waals surface area contributed by atoms with Crippen LogP contribution in [-0.4, -0.2) is 22.7 Å². The SMILES string of the molecule is CCOC(=O)c1noc([C@@]23CCC[C@@H]2C3)n1. The van der Waals surface area contributed by atoms with E-state index in [1.807, 2.05) is 0 Å². The van der Waals surface area contributed by atoms with E-state index < -0.39 is 5.97 Å². The summed E-state index contributed by atoms with van der Waals surface area (Å²) >= 11 is 0. The molecule has 2 aliphatic carbocycles. The summed E-state index contributed by atoms with van der Waals surface area (Å²) in [6.45, 7) is 2.09. The lowest BCUT2D eigenvalue weighted by Gasteiger charge is -2.02. The summed E-state index contributed by atoms with van der Waals surface area (Å²) in [7, 11) is 0. The smallest absolute Gasteiger partial charge is 0.379 e. The highest BCUT2D eigenvalue weighted by Crippen LogP contribution is 2.63. The molecule has 0 radical (unpaired) electrons. The van der Waals surface area contributed by atoms with Crippen molar-refractivity contribution < 1.29 is 14.1 Å². The fourth-order valence-electron chi connectivity index (χ4n) is 2.80. The van der Waals surface area contributed by atoms with Crippen LogP contribution in [0.4, 0.5) is 0 Å². The maximum Gasteiger partial charge on any atom is 0.379 e. The van der Waals surface area contributed by atoms with Gasteiger partial charge in [0.1, 0.15) is 0 Å². The molecule has 86 valence electrons. The lowest BCUT2D eigenvalue weighted by atomic mass is 10.0. The average molecular weight is 222 g/mol. The molecule has 0 saturated heterocycles. The molecule has 5 heteroatoms. The van der Waals surface area contributed by atoms with Gasteiger partial charge in [-0.3, -0.25) is 0 Å². The maximum absolute atomic E-state index is 11.4. The van der Waals surface area contributed by atoms with Gasteiger partial charge in [0.25, 0.3) is 5.82 Å². The predicted molar refractivity (Wildman–Crippen MR) is 53.9 cm³/mol. The van der Waals surface area contributed by atoms with Gasteiger partial charge in [-0.25, -0.2) is 4.79 Å². The number of hydrogen-bond donors (Lipinski definition) is 0. The molecule has 0 aliphatic heterocycles. The molecule has 3 rings (SSSR count). The summed E-state index contributed by atoms with van der Waals surface area (Å²) in [4.78, 5) is 15.6. The second kappa shape index (κ2) is 3.30. The van der Waals surface area contributed by atoms with Crippen molar-refractivity contribution in [3.8, 4) is 0 Å². The Morgan fingerprint density at radius 1 is 1.69 bits per heavy atom. The molecule has 2 saturated carbocycles. The van der Waals surface area contributed by atoms with Crippen molar-refractivity contribution in [3.05, 3.63) is 11.7 Å². The number of esters is 1. The van der Waals surface area contributed by atoms with E-state index in [4.69, 9.17) is 9.26 Å². The van der Waals surface area contributed by atoms with Gasteiger partial charge in [0.05, 0.1) is 12.0 Å². The standard InChI is InChI=1S/C11H14N2O3/c1-2-15-9(14)8-12-10(16-13-8)11-5-3-4-7(11)6-11/h7H,2-6H2,1H3/t7-,11-/m1/s1. The molecule has 1 aromatic rings. The molecule has 0 N–H and O–H groups in total. The van der Waals surface area contributed by atoms with E-state index in [1.165, 1.54) is 12.8 Å². The molecule has 5 nitrogen and oxygen atoms in total. The van der Waals surface area contributed by atoms with E-state index in [9.17, 15) is 4.79 Å². The first-order chi connectivity index (χ1) is 7.76. The Balaban J connectivity index is 1.81. The largest absolute Gasteiger partial charge is 0.460 e. The van der Waals surface area contributed by atoms with Gasteiger partial charge in [-0.05, 0) is 37.3 Å². The van der Waals surface area contributed by atoms with Crippen LogP contribution >= 0.6 is 0 Å². The van der Waals surface area contributed by atoms with E-state index >= 15 is 0 Å². The van der Waals surface area contributed by atoms with E-state index in [1.54, 1.807) is 6.92 Å². The third-order valence-corrected chi connectivity index (χ3v) is 3.72. The lowest BCUT2D eigenvalue weighted by Crippen LogP contribution is -2.09. The van der Waals surface area contributed by atoms with Crippen LogP contribution in [-0.2, 0) is 10.2 Å². The first kappa shape index (κ1) is 9.81. The summed E-state index contributed by atoms with van der Waals surface area (Å²) in [6.07, 6.45) is 4.72. The van der Waals surface area contributed by atoms with Gasteiger partial charge in [0, 0.05) is 0 Å². The van der Waals surface area contributed by atoms with E-state index in [0.29, 0.717) is 18.4 Å². The number of ether oxygens (including phenoxy) is 1. The van der Waals surface area contributed by atoms with Gasteiger partial charge >= 0.3 is 5.97 Å². The number of nitrogens with zero attached hydrogens (tertiary/aromatic N) is 2. The molecule has 0 amide bonds. The third-order valence-electron chi connectivity index (χ3n) is 3.72. The van der Waals surface area contributed by atoms with Gasteiger partial charge in [0.2, 0.25) is 5.89 Å². The monoisotopic (exact) mass is 222 g/mol. The van der Waals surface area contributed by atoms with Crippen LogP contribution in [0.2, 0.25) is 0 Å². The van der Waals surface area contributed by atoms with Crippen LogP contribution < -0.4 is 0 Å². The van der Waals surface area contributed by atoms with Crippen LogP contribution in [0.3, 0.4) is 0 Å². The molecular formula is C11H14N2O3. The minimum Gasteiger partial charge on any atom is -0.460 e. The molecule has 0 bridgehead atoms. The molecule has 16 heavy (non-hydrogen) atoms. The second-order valence-corrected chi connectivity index (χ2v) is 4.59. The van der Waals surface area contributed by atoms with Gasteiger partial charge < -0.3 is 9.26 Å². The highest BCUT2D eigenvalue weighted by atomic mass is 16.5. The zero-order valence-electron chi connectivity index (χ0n) is 9.23. The minimum absolute atomic E-state index is 0.0591. The normalized spacial score (nSPS) is 31.2. The summed E-state index contributed by atoms with van der Waals surface area (Å²) in [5.74, 6) is 0.897. The number of aromatic nitrogens is 2. The highest BCUT2D eigenvalue weighted by Gasteiger charge is 2.61. The average Bonchev–Trinajstić information content (AvgIpc) is 2.72. The number of hydrogen-bond acceptors (Lipinski definition) is 5. The van der Waals surface area contributed by atoms with Crippen LogP contribution in [0.1, 0.15) is 49.1 Å². The molecule has 1 heterocycles. The highest BCUT2D eigenvalue weighted by molar-refractivity contribution is 5.84. The van der Waals surface area contributed by atoms with Crippen molar-refractivity contribution >= 4 is 5.97 Å². The van der Waals surface area contributed by atoms with Crippen LogP contribution in [0, 0.1) is 5.92 Å². The van der Waals surface area contributed by atoms with Crippen LogP contribution in [0.25, 0.3) is 0 Å². The fourth-order valence-corrected chi connectivity index (χ4v) is 2.80. The Bertz CT molecular complexity index is 429. The van der Waals surface area contributed by atoms with Gasteiger partial charge in [-0.15, -0.1) is 0 Å². The molecule has 2 atom stereocenters. The Hall–Kier alpha value is -1.39. The van der Waals surface area contributed by atoms with Crippen molar-refractivity contribution in [1.82, 2.24) is 10.1 Å². The molecule has 2 aliphatic rings. The Labute approximate surface area is 93.2 Å². The zero-order valence-corrected chi connectivity index (χ0v) is 9.23. The molecule has 1 aromatic heterocycles. The summed E-state index contributed by atoms with van der Waals surface area (Å²) in [5.41, 5.74) is 0.109. The van der Waals surface area contributed by atoms with Gasteiger partial charge in [0.15, 0.2) is 0 Å². The van der Waals surface area contributed by atoms with Crippen molar-refractivity contribution in [2.45, 2.75) is 38.0 Å². The van der Waals surface area contributed by atoms with Crippen molar-refractivity contribution in [3.63, 3.8) is 0 Å². The van der Waals surface area contributed by atoms with E-state index in [0.717, 1.165) is 12.8 Å². The summed E-state index contributed by atoms with van der Waals surface area (Å²) < 4.78 is 10.0. The van der Waals surface area contributed by atoms with Gasteiger partial charge in [-0.1, -0.05) is 6.42 Å². The van der Waals surface area contributed by atoms with Crippen molar-refractivity contribution in [2.24, 2.45) is 5.92 Å². The number of carbonyl (C=O) groups excluding carboxylic acids is 1. The Kier molecular flexibility index (Phi) is 2.02. The molecule has 0 spiro atoms. The fraction of sp³-hybridized carbons (Fsp3) is 0.727. The van der Waals surface area contributed by atoms with Crippen LogP contribution in [0.15, 0.2) is 4.52 Å². The Morgan fingerprint density at radius 2 is 2.56 bits per heavy atom. The second-order valence-electron chi connectivity index (χ2n) is 4.59. The predicted octanol–water partition coefficient (Wildman–Crippen LogP) is 1.69. The van der Waals surface area contributed by atoms with Crippen molar-refractivity contribution in [2.75, 3.05) is 6.61 Å². The minimum atomic E-state index is -0.496. The van der Waals surface area contributed by atoms with E-state index in [-0.39, 0.29) is 11.2 Å². The van der Waals surface area contributed by atoms with Crippen molar-refractivity contribution in [1.29, 1.82) is 0 Å². The third kappa shape index (κ3) is 1.27. The molecule has 0 unspecified atom stereocenters. The summed E-state index contributed by atoms with van der Waals surface area (Å²) in [5, 5.41) is 3.69. The zero-order chi connectivity index (χ0) is 11.2. The molecule has 2 fully saturated rings. The summed E-state index contributed by atoms with van der Waals surface area (Å²) in [6, 6.07) is 0. The first-order valence-corrected chi connectivity index (χ1v) is 5.77. The lowest BCUT2D eigenvalue weighted by molar-refractivity contribution is 0.0508. The number of carbonyl (C=O) groups is 1. The first-order valence-electron chi connectivity index (χ1n) is 5.77.